The number of hydrogen-bond acceptors (Lipinski definition) is 6. The van der Waals surface area contributed by atoms with Gasteiger partial charge in [0.25, 0.3) is 0 Å². The van der Waals surface area contributed by atoms with Crippen molar-refractivity contribution in [1.82, 2.24) is 20.2 Å². The number of rotatable bonds is 7. The second-order valence-electron chi connectivity index (χ2n) is 2.98. The zero-order chi connectivity index (χ0) is 11.8. The van der Waals surface area contributed by atoms with Crippen LogP contribution in [0.15, 0.2) is 5.16 Å². The fourth-order valence-electron chi connectivity index (χ4n) is 0.997. The summed E-state index contributed by atoms with van der Waals surface area (Å²) in [4.78, 5) is 10.5. The highest BCUT2D eigenvalue weighted by Gasteiger charge is 2.09. The first kappa shape index (κ1) is 12.4. The van der Waals surface area contributed by atoms with Gasteiger partial charge >= 0.3 is 5.97 Å². The molecule has 1 aromatic heterocycles. The third-order valence-electron chi connectivity index (χ3n) is 1.70. The quantitative estimate of drug-likeness (QED) is 0.548. The SMILES string of the molecule is N#CCCCCSc1nnnn1CC(=O)O. The lowest BCUT2D eigenvalue weighted by Gasteiger charge is -2.00. The normalized spacial score (nSPS) is 9.94. The maximum absolute atomic E-state index is 10.5. The van der Waals surface area contributed by atoms with Crippen molar-refractivity contribution in [3.05, 3.63) is 0 Å². The number of tetrazole rings is 1. The van der Waals surface area contributed by atoms with Gasteiger partial charge in [-0.25, -0.2) is 4.68 Å². The van der Waals surface area contributed by atoms with Crippen molar-refractivity contribution in [2.45, 2.75) is 31.0 Å². The summed E-state index contributed by atoms with van der Waals surface area (Å²) in [5.41, 5.74) is 0. The van der Waals surface area contributed by atoms with Gasteiger partial charge in [-0.1, -0.05) is 11.8 Å². The molecule has 1 aromatic rings. The van der Waals surface area contributed by atoms with Gasteiger partial charge in [-0.3, -0.25) is 4.79 Å². The molecule has 0 spiro atoms. The van der Waals surface area contributed by atoms with Crippen molar-refractivity contribution in [3.63, 3.8) is 0 Å². The van der Waals surface area contributed by atoms with E-state index in [1.165, 1.54) is 16.4 Å². The molecule has 1 heterocycles. The number of hydrogen-bond donors (Lipinski definition) is 1. The molecule has 0 saturated heterocycles. The number of carboxylic acids is 1. The molecule has 0 aliphatic rings. The number of aliphatic carboxylic acids is 1. The summed E-state index contributed by atoms with van der Waals surface area (Å²) in [6, 6.07) is 2.07. The van der Waals surface area contributed by atoms with Crippen molar-refractivity contribution >= 4 is 17.7 Å². The van der Waals surface area contributed by atoms with Crippen molar-refractivity contribution in [3.8, 4) is 6.07 Å². The lowest BCUT2D eigenvalue weighted by molar-refractivity contribution is -0.138. The summed E-state index contributed by atoms with van der Waals surface area (Å²) >= 11 is 1.40. The zero-order valence-corrected chi connectivity index (χ0v) is 9.35. The lowest BCUT2D eigenvalue weighted by atomic mass is 10.3. The highest BCUT2D eigenvalue weighted by atomic mass is 32.2. The Bertz CT molecular complexity index is 386. The third kappa shape index (κ3) is 4.27. The van der Waals surface area contributed by atoms with Crippen LogP contribution in [0.5, 0.6) is 0 Å². The number of nitrogens with zero attached hydrogens (tertiary/aromatic N) is 5. The summed E-state index contributed by atoms with van der Waals surface area (Å²) < 4.78 is 1.25. The van der Waals surface area contributed by atoms with Crippen LogP contribution < -0.4 is 0 Å². The standard InChI is InChI=1S/C8H11N5O2S/c9-4-2-1-3-5-16-8-10-11-12-13(8)6-7(14)15/h1-3,5-6H2,(H,14,15). The molecule has 0 atom stereocenters. The monoisotopic (exact) mass is 241 g/mol. The minimum absolute atomic E-state index is 0.229. The van der Waals surface area contributed by atoms with Crippen molar-refractivity contribution in [2.24, 2.45) is 0 Å². The maximum atomic E-state index is 10.5. The summed E-state index contributed by atoms with van der Waals surface area (Å²) in [6.45, 7) is -0.229. The van der Waals surface area contributed by atoms with Gasteiger partial charge in [-0.15, -0.1) is 5.10 Å². The molecule has 7 nitrogen and oxygen atoms in total. The van der Waals surface area contributed by atoms with Gasteiger partial charge < -0.3 is 5.11 Å². The van der Waals surface area contributed by atoms with Crippen LogP contribution in [-0.4, -0.2) is 37.0 Å². The van der Waals surface area contributed by atoms with E-state index in [0.717, 1.165) is 18.6 Å². The molecule has 0 aliphatic heterocycles. The molecular weight excluding hydrogens is 230 g/mol. The van der Waals surface area contributed by atoms with Crippen molar-refractivity contribution in [1.29, 1.82) is 5.26 Å². The fraction of sp³-hybridized carbons (Fsp3) is 0.625. The van der Waals surface area contributed by atoms with E-state index < -0.39 is 5.97 Å². The second kappa shape index (κ2) is 6.79. The van der Waals surface area contributed by atoms with Gasteiger partial charge in [0.2, 0.25) is 5.16 Å². The first-order valence-corrected chi connectivity index (χ1v) is 5.70. The number of carboxylic acid groups (broad SMARTS) is 1. The Morgan fingerprint density at radius 1 is 1.56 bits per heavy atom. The number of carbonyl (C=O) groups is 1. The van der Waals surface area contributed by atoms with Crippen LogP contribution in [0.2, 0.25) is 0 Å². The first-order valence-electron chi connectivity index (χ1n) is 4.71. The predicted molar refractivity (Wildman–Crippen MR) is 55.6 cm³/mol. The van der Waals surface area contributed by atoms with Crippen LogP contribution in [-0.2, 0) is 11.3 Å². The third-order valence-corrected chi connectivity index (χ3v) is 2.74. The van der Waals surface area contributed by atoms with Gasteiger partial charge in [-0.05, 0) is 23.3 Å². The molecule has 1 rings (SSSR count). The molecule has 0 bridgehead atoms. The maximum Gasteiger partial charge on any atom is 0.325 e. The molecule has 0 fully saturated rings. The largest absolute Gasteiger partial charge is 0.480 e. The van der Waals surface area contributed by atoms with Gasteiger partial charge in [0.15, 0.2) is 0 Å². The fourth-order valence-corrected chi connectivity index (χ4v) is 1.87. The summed E-state index contributed by atoms with van der Waals surface area (Å²) in [5, 5.41) is 28.1. The zero-order valence-electron chi connectivity index (χ0n) is 8.54. The predicted octanol–water partition coefficient (Wildman–Crippen LogP) is 0.544. The van der Waals surface area contributed by atoms with Crippen LogP contribution in [0, 0.1) is 11.3 Å². The van der Waals surface area contributed by atoms with Crippen molar-refractivity contribution < 1.29 is 9.90 Å². The Labute approximate surface area is 96.4 Å². The summed E-state index contributed by atoms with van der Waals surface area (Å²) in [7, 11) is 0. The average Bonchev–Trinajstić information content (AvgIpc) is 2.64. The van der Waals surface area contributed by atoms with Crippen LogP contribution >= 0.6 is 11.8 Å². The topological polar surface area (TPSA) is 105 Å². The number of aromatic nitrogens is 4. The smallest absolute Gasteiger partial charge is 0.325 e. The highest BCUT2D eigenvalue weighted by molar-refractivity contribution is 7.99. The molecule has 16 heavy (non-hydrogen) atoms. The molecular formula is C8H11N5O2S. The Morgan fingerprint density at radius 2 is 2.38 bits per heavy atom. The molecule has 1 N–H and O–H groups in total. The molecule has 0 aliphatic carbocycles. The summed E-state index contributed by atoms with van der Waals surface area (Å²) in [6.07, 6.45) is 2.27. The molecule has 8 heteroatoms. The van der Waals surface area contributed by atoms with E-state index >= 15 is 0 Å². The van der Waals surface area contributed by atoms with Crippen molar-refractivity contribution in [2.75, 3.05) is 5.75 Å². The van der Waals surface area contributed by atoms with E-state index in [0.29, 0.717) is 11.6 Å². The molecule has 0 amide bonds. The van der Waals surface area contributed by atoms with Crippen LogP contribution in [0.4, 0.5) is 0 Å². The van der Waals surface area contributed by atoms with E-state index in [9.17, 15) is 4.79 Å². The van der Waals surface area contributed by atoms with E-state index in [1.807, 2.05) is 0 Å². The minimum atomic E-state index is -0.973. The molecule has 0 saturated carbocycles. The Balaban J connectivity index is 2.33. The van der Waals surface area contributed by atoms with E-state index in [2.05, 4.69) is 21.6 Å². The first-order chi connectivity index (χ1) is 7.74. The van der Waals surface area contributed by atoms with Gasteiger partial charge in [-0.2, -0.15) is 5.26 Å². The minimum Gasteiger partial charge on any atom is -0.480 e. The van der Waals surface area contributed by atoms with Gasteiger partial charge in [0, 0.05) is 12.2 Å². The highest BCUT2D eigenvalue weighted by Crippen LogP contribution is 2.15. The number of thioether (sulfide) groups is 1. The summed E-state index contributed by atoms with van der Waals surface area (Å²) in [5.74, 6) is -0.194. The Morgan fingerprint density at radius 3 is 3.06 bits per heavy atom. The Hall–Kier alpha value is -1.62. The molecule has 0 radical (unpaired) electrons. The lowest BCUT2D eigenvalue weighted by Crippen LogP contribution is -2.11. The van der Waals surface area contributed by atoms with Crippen LogP contribution in [0.3, 0.4) is 0 Å². The molecule has 0 unspecified atom stereocenters. The number of nitriles is 1. The van der Waals surface area contributed by atoms with E-state index in [1.54, 1.807) is 0 Å². The van der Waals surface area contributed by atoms with E-state index in [-0.39, 0.29) is 6.54 Å². The van der Waals surface area contributed by atoms with Gasteiger partial charge in [0.05, 0.1) is 6.07 Å². The average molecular weight is 241 g/mol. The molecule has 0 aromatic carbocycles. The van der Waals surface area contributed by atoms with Gasteiger partial charge in [0.1, 0.15) is 6.54 Å². The van der Waals surface area contributed by atoms with E-state index in [4.69, 9.17) is 10.4 Å². The number of unbranched alkanes of at least 4 members (excludes halogenated alkanes) is 2. The molecule has 86 valence electrons. The van der Waals surface area contributed by atoms with Crippen LogP contribution in [0.1, 0.15) is 19.3 Å². The van der Waals surface area contributed by atoms with Crippen LogP contribution in [0.25, 0.3) is 0 Å². The Kier molecular flexibility index (Phi) is 5.28. The second-order valence-corrected chi connectivity index (χ2v) is 4.04.